The number of carbonyl (C=O) groups is 1. The normalized spacial score (nSPS) is 9.95. The molecule has 0 unspecified atom stereocenters. The first-order valence-electron chi connectivity index (χ1n) is 5.86. The molecular weight excluding hydrogens is 242 g/mol. The molecule has 0 bridgehead atoms. The lowest BCUT2D eigenvalue weighted by molar-refractivity contribution is -0.114. The van der Waals surface area contributed by atoms with E-state index in [9.17, 15) is 4.79 Å². The van der Waals surface area contributed by atoms with Gasteiger partial charge in [0, 0.05) is 18.9 Å². The second kappa shape index (κ2) is 6.46. The van der Waals surface area contributed by atoms with Crippen molar-refractivity contribution >= 4 is 17.4 Å². The second-order valence-electron chi connectivity index (χ2n) is 3.89. The number of aromatic nitrogens is 2. The number of pyridine rings is 2. The topological polar surface area (TPSA) is 92.9 Å². The molecule has 1 amide bonds. The van der Waals surface area contributed by atoms with E-state index in [0.717, 1.165) is 11.4 Å². The molecule has 0 aliphatic rings. The summed E-state index contributed by atoms with van der Waals surface area (Å²) in [5.74, 6) is 0.502. The fourth-order valence-electron chi connectivity index (χ4n) is 1.48. The van der Waals surface area contributed by atoms with Crippen LogP contribution >= 0.6 is 0 Å². The molecule has 0 atom stereocenters. The van der Waals surface area contributed by atoms with Crippen LogP contribution in [-0.4, -0.2) is 22.4 Å². The number of hydrogen-bond donors (Lipinski definition) is 3. The summed E-state index contributed by atoms with van der Waals surface area (Å²) >= 11 is 0. The Morgan fingerprint density at radius 2 is 2.00 bits per heavy atom. The van der Waals surface area contributed by atoms with Gasteiger partial charge in [0.05, 0.1) is 18.4 Å². The molecule has 2 heterocycles. The Morgan fingerprint density at radius 1 is 1.21 bits per heavy atom. The highest BCUT2D eigenvalue weighted by atomic mass is 16.1. The SMILES string of the molecule is NCC(=O)Nc1ccc(NCc2ccncc2)nc1. The van der Waals surface area contributed by atoms with Crippen molar-refractivity contribution in [1.82, 2.24) is 9.97 Å². The highest BCUT2D eigenvalue weighted by molar-refractivity contribution is 5.91. The van der Waals surface area contributed by atoms with Crippen LogP contribution in [0.25, 0.3) is 0 Å². The molecule has 19 heavy (non-hydrogen) atoms. The van der Waals surface area contributed by atoms with Crippen LogP contribution in [-0.2, 0) is 11.3 Å². The van der Waals surface area contributed by atoms with Crippen molar-refractivity contribution in [3.05, 3.63) is 48.4 Å². The molecule has 0 aromatic carbocycles. The third-order valence-electron chi connectivity index (χ3n) is 2.46. The minimum absolute atomic E-state index is 0.0396. The van der Waals surface area contributed by atoms with Crippen molar-refractivity contribution in [2.75, 3.05) is 17.2 Å². The number of rotatable bonds is 5. The maximum atomic E-state index is 11.1. The predicted molar refractivity (Wildman–Crippen MR) is 73.5 cm³/mol. The zero-order chi connectivity index (χ0) is 13.5. The molecule has 2 aromatic rings. The molecule has 6 heteroatoms. The van der Waals surface area contributed by atoms with Gasteiger partial charge in [-0.1, -0.05) is 0 Å². The molecule has 0 fully saturated rings. The maximum Gasteiger partial charge on any atom is 0.238 e. The van der Waals surface area contributed by atoms with Crippen LogP contribution in [0.2, 0.25) is 0 Å². The molecule has 0 spiro atoms. The van der Waals surface area contributed by atoms with Gasteiger partial charge >= 0.3 is 0 Å². The van der Waals surface area contributed by atoms with Gasteiger partial charge in [0.1, 0.15) is 5.82 Å². The zero-order valence-corrected chi connectivity index (χ0v) is 10.3. The van der Waals surface area contributed by atoms with Gasteiger partial charge in [-0.2, -0.15) is 0 Å². The molecular formula is C13H15N5O. The fourth-order valence-corrected chi connectivity index (χ4v) is 1.48. The Balaban J connectivity index is 1.90. The molecule has 98 valence electrons. The van der Waals surface area contributed by atoms with E-state index in [1.165, 1.54) is 0 Å². The lowest BCUT2D eigenvalue weighted by Crippen LogP contribution is -2.21. The average molecular weight is 257 g/mol. The Labute approximate surface area is 111 Å². The number of hydrogen-bond acceptors (Lipinski definition) is 5. The van der Waals surface area contributed by atoms with Gasteiger partial charge in [-0.15, -0.1) is 0 Å². The van der Waals surface area contributed by atoms with Gasteiger partial charge < -0.3 is 16.4 Å². The van der Waals surface area contributed by atoms with E-state index in [1.807, 2.05) is 12.1 Å². The van der Waals surface area contributed by atoms with E-state index in [2.05, 4.69) is 20.6 Å². The van der Waals surface area contributed by atoms with Crippen molar-refractivity contribution in [2.45, 2.75) is 6.54 Å². The third kappa shape index (κ3) is 4.04. The van der Waals surface area contributed by atoms with E-state index < -0.39 is 0 Å². The summed E-state index contributed by atoms with van der Waals surface area (Å²) in [4.78, 5) is 19.2. The van der Waals surface area contributed by atoms with Crippen molar-refractivity contribution in [1.29, 1.82) is 0 Å². The van der Waals surface area contributed by atoms with Gasteiger partial charge in [-0.3, -0.25) is 9.78 Å². The van der Waals surface area contributed by atoms with Gasteiger partial charge in [0.2, 0.25) is 5.91 Å². The smallest absolute Gasteiger partial charge is 0.238 e. The van der Waals surface area contributed by atoms with Gasteiger partial charge in [0.15, 0.2) is 0 Å². The zero-order valence-electron chi connectivity index (χ0n) is 10.3. The number of carbonyl (C=O) groups excluding carboxylic acids is 1. The van der Waals surface area contributed by atoms with E-state index >= 15 is 0 Å². The van der Waals surface area contributed by atoms with Crippen molar-refractivity contribution in [3.63, 3.8) is 0 Å². The number of anilines is 2. The molecule has 0 aliphatic carbocycles. The average Bonchev–Trinajstić information content (AvgIpc) is 2.47. The lowest BCUT2D eigenvalue weighted by Gasteiger charge is -2.07. The van der Waals surface area contributed by atoms with Crippen LogP contribution in [0.5, 0.6) is 0 Å². The maximum absolute atomic E-state index is 11.1. The van der Waals surface area contributed by atoms with Crippen LogP contribution in [0, 0.1) is 0 Å². The first kappa shape index (κ1) is 13.0. The summed E-state index contributed by atoms with van der Waals surface area (Å²) in [6.07, 6.45) is 5.08. The summed E-state index contributed by atoms with van der Waals surface area (Å²) in [7, 11) is 0. The Bertz CT molecular complexity index is 526. The Kier molecular flexibility index (Phi) is 4.41. The molecule has 4 N–H and O–H groups in total. The van der Waals surface area contributed by atoms with E-state index in [4.69, 9.17) is 5.73 Å². The quantitative estimate of drug-likeness (QED) is 0.742. The Morgan fingerprint density at radius 3 is 2.63 bits per heavy atom. The lowest BCUT2D eigenvalue weighted by atomic mass is 10.3. The van der Waals surface area contributed by atoms with Crippen LogP contribution < -0.4 is 16.4 Å². The minimum Gasteiger partial charge on any atom is -0.366 e. The summed E-state index contributed by atoms with van der Waals surface area (Å²) < 4.78 is 0. The molecule has 2 aromatic heterocycles. The summed E-state index contributed by atoms with van der Waals surface area (Å²) in [5.41, 5.74) is 6.96. The third-order valence-corrected chi connectivity index (χ3v) is 2.46. The number of amides is 1. The largest absolute Gasteiger partial charge is 0.366 e. The molecule has 0 radical (unpaired) electrons. The van der Waals surface area contributed by atoms with Crippen LogP contribution in [0.4, 0.5) is 11.5 Å². The van der Waals surface area contributed by atoms with Gasteiger partial charge in [-0.05, 0) is 29.8 Å². The first-order chi connectivity index (χ1) is 9.28. The second-order valence-corrected chi connectivity index (χ2v) is 3.89. The van der Waals surface area contributed by atoms with Gasteiger partial charge in [0.25, 0.3) is 0 Å². The standard InChI is InChI=1S/C13H15N5O/c14-7-13(19)18-11-1-2-12(17-9-11)16-8-10-3-5-15-6-4-10/h1-6,9H,7-8,14H2,(H,16,17)(H,18,19). The monoisotopic (exact) mass is 257 g/mol. The van der Waals surface area contributed by atoms with Crippen molar-refractivity contribution in [2.24, 2.45) is 5.73 Å². The van der Waals surface area contributed by atoms with E-state index in [0.29, 0.717) is 12.2 Å². The van der Waals surface area contributed by atoms with E-state index in [1.54, 1.807) is 30.7 Å². The minimum atomic E-state index is -0.237. The van der Waals surface area contributed by atoms with Crippen molar-refractivity contribution in [3.8, 4) is 0 Å². The molecule has 2 rings (SSSR count). The highest BCUT2D eigenvalue weighted by Gasteiger charge is 2.00. The summed E-state index contributed by atoms with van der Waals surface area (Å²) in [6, 6.07) is 7.44. The summed E-state index contributed by atoms with van der Waals surface area (Å²) in [6.45, 7) is 0.631. The van der Waals surface area contributed by atoms with Crippen LogP contribution in [0.15, 0.2) is 42.9 Å². The number of nitrogens with two attached hydrogens (primary N) is 1. The van der Waals surface area contributed by atoms with E-state index in [-0.39, 0.29) is 12.5 Å². The molecule has 0 saturated carbocycles. The molecule has 0 saturated heterocycles. The molecule has 6 nitrogen and oxygen atoms in total. The van der Waals surface area contributed by atoms with Gasteiger partial charge in [-0.25, -0.2) is 4.98 Å². The summed E-state index contributed by atoms with van der Waals surface area (Å²) in [5, 5.41) is 5.81. The molecule has 0 aliphatic heterocycles. The highest BCUT2D eigenvalue weighted by Crippen LogP contribution is 2.10. The predicted octanol–water partition coefficient (Wildman–Crippen LogP) is 0.986. The van der Waals surface area contributed by atoms with Crippen LogP contribution in [0.1, 0.15) is 5.56 Å². The fraction of sp³-hybridized carbons (Fsp3) is 0.154. The first-order valence-corrected chi connectivity index (χ1v) is 5.86. The van der Waals surface area contributed by atoms with Crippen molar-refractivity contribution < 1.29 is 4.79 Å². The van der Waals surface area contributed by atoms with Crippen LogP contribution in [0.3, 0.4) is 0 Å². The number of nitrogens with zero attached hydrogens (tertiary/aromatic N) is 2. The Hall–Kier alpha value is -2.47. The number of nitrogens with one attached hydrogen (secondary N) is 2.